The summed E-state index contributed by atoms with van der Waals surface area (Å²) in [4.78, 5) is 0. The van der Waals surface area contributed by atoms with Crippen LogP contribution in [0.3, 0.4) is 0 Å². The molecule has 0 bridgehead atoms. The fraction of sp³-hybridized carbons (Fsp3) is 0. The third-order valence-corrected chi connectivity index (χ3v) is 6.40. The monoisotopic (exact) mass is 411 g/mol. The molecule has 0 saturated carbocycles. The topological polar surface area (TPSA) is 26.0 Å². The Morgan fingerprint density at radius 3 is 2.12 bits per heavy atom. The molecule has 2 nitrogen and oxygen atoms in total. The molecule has 1 heterocycles. The second-order valence-corrected chi connectivity index (χ2v) is 8.13. The molecule has 4 rings (SSSR count). The van der Waals surface area contributed by atoms with Crippen molar-refractivity contribution in [3.8, 4) is 22.6 Å². The molecule has 0 amide bonds. The van der Waals surface area contributed by atoms with Crippen LogP contribution in [0.1, 0.15) is 0 Å². The van der Waals surface area contributed by atoms with Gasteiger partial charge in [0, 0.05) is 0 Å². The Kier molecular flexibility index (Phi) is 4.71. The summed E-state index contributed by atoms with van der Waals surface area (Å²) in [6.07, 6.45) is 0. The van der Waals surface area contributed by atoms with Crippen LogP contribution in [0.5, 0.6) is 0 Å². The summed E-state index contributed by atoms with van der Waals surface area (Å²) in [5.41, 5.74) is 2.76. The van der Waals surface area contributed by atoms with Crippen molar-refractivity contribution >= 4 is 35.5 Å². The van der Waals surface area contributed by atoms with Crippen LogP contribution in [0.25, 0.3) is 22.6 Å². The van der Waals surface area contributed by atoms with Gasteiger partial charge in [-0.1, -0.05) is 0 Å². The first kappa shape index (κ1) is 16.2. The van der Waals surface area contributed by atoms with Crippen LogP contribution in [-0.4, -0.2) is 20.1 Å². The number of halogens is 1. The fourth-order valence-corrected chi connectivity index (χ4v) is 4.95. The van der Waals surface area contributed by atoms with Crippen LogP contribution in [0.15, 0.2) is 89.5 Å². The predicted molar refractivity (Wildman–Crippen MR) is 104 cm³/mol. The van der Waals surface area contributed by atoms with E-state index in [9.17, 15) is 0 Å². The zero-order valence-corrected chi connectivity index (χ0v) is 15.7. The SMILES string of the molecule is Clc1ccccc1-c1noc(-c2ccccc2)c1[Se]c1ccccc1. The quantitative estimate of drug-likeness (QED) is 0.468. The molecular formula is C21H14ClNOSe. The molecule has 0 atom stereocenters. The van der Waals surface area contributed by atoms with Gasteiger partial charge in [0.1, 0.15) is 0 Å². The number of hydrogen-bond donors (Lipinski definition) is 0. The van der Waals surface area contributed by atoms with Gasteiger partial charge >= 0.3 is 158 Å². The number of aromatic nitrogens is 1. The van der Waals surface area contributed by atoms with E-state index in [1.165, 1.54) is 4.46 Å². The first-order chi connectivity index (χ1) is 12.3. The third kappa shape index (κ3) is 3.40. The molecule has 3 aromatic carbocycles. The van der Waals surface area contributed by atoms with Gasteiger partial charge in [-0.3, -0.25) is 0 Å². The zero-order chi connectivity index (χ0) is 17.1. The Bertz CT molecular complexity index is 983. The van der Waals surface area contributed by atoms with Gasteiger partial charge in [-0.05, 0) is 0 Å². The van der Waals surface area contributed by atoms with E-state index in [0.717, 1.165) is 27.0 Å². The average molecular weight is 411 g/mol. The minimum atomic E-state index is 0.0565. The van der Waals surface area contributed by atoms with E-state index in [4.69, 9.17) is 16.1 Å². The Hall–Kier alpha value is -2.32. The number of hydrogen-bond acceptors (Lipinski definition) is 2. The van der Waals surface area contributed by atoms with Gasteiger partial charge in [-0.2, -0.15) is 0 Å². The zero-order valence-electron chi connectivity index (χ0n) is 13.2. The van der Waals surface area contributed by atoms with E-state index in [1.54, 1.807) is 0 Å². The first-order valence-corrected chi connectivity index (χ1v) is 9.95. The van der Waals surface area contributed by atoms with Crippen LogP contribution in [0.4, 0.5) is 0 Å². The van der Waals surface area contributed by atoms with Gasteiger partial charge in [0.2, 0.25) is 0 Å². The summed E-state index contributed by atoms with van der Waals surface area (Å²) in [6.45, 7) is 0. The molecule has 122 valence electrons. The van der Waals surface area contributed by atoms with Gasteiger partial charge in [-0.25, -0.2) is 0 Å². The van der Waals surface area contributed by atoms with E-state index >= 15 is 0 Å². The molecule has 4 aromatic rings. The van der Waals surface area contributed by atoms with Crippen molar-refractivity contribution in [3.63, 3.8) is 0 Å². The summed E-state index contributed by atoms with van der Waals surface area (Å²) < 4.78 is 8.15. The maximum atomic E-state index is 6.41. The van der Waals surface area contributed by atoms with E-state index in [-0.39, 0.29) is 15.0 Å². The Morgan fingerprint density at radius 1 is 0.760 bits per heavy atom. The summed E-state index contributed by atoms with van der Waals surface area (Å²) in [7, 11) is 0. The Morgan fingerprint density at radius 2 is 1.40 bits per heavy atom. The van der Waals surface area contributed by atoms with Crippen LogP contribution < -0.4 is 8.92 Å². The van der Waals surface area contributed by atoms with Crippen LogP contribution in [-0.2, 0) is 0 Å². The molecule has 4 heteroatoms. The Balaban J connectivity index is 1.88. The summed E-state index contributed by atoms with van der Waals surface area (Å²) >= 11 is 6.47. The first-order valence-electron chi connectivity index (χ1n) is 7.86. The molecule has 0 aliphatic carbocycles. The average Bonchev–Trinajstić information content (AvgIpc) is 3.07. The molecule has 0 aliphatic rings. The van der Waals surface area contributed by atoms with E-state index in [1.807, 2.05) is 60.7 Å². The summed E-state index contributed by atoms with van der Waals surface area (Å²) in [5.74, 6) is 0.819. The normalized spacial score (nSPS) is 10.8. The second kappa shape index (κ2) is 7.28. The molecule has 0 saturated heterocycles. The van der Waals surface area contributed by atoms with E-state index in [0.29, 0.717) is 5.02 Å². The third-order valence-electron chi connectivity index (χ3n) is 3.78. The van der Waals surface area contributed by atoms with Crippen molar-refractivity contribution in [3.05, 3.63) is 90.0 Å². The summed E-state index contributed by atoms with van der Waals surface area (Å²) in [5, 5.41) is 5.06. The fourth-order valence-electron chi connectivity index (χ4n) is 2.58. The van der Waals surface area contributed by atoms with Crippen LogP contribution in [0, 0.1) is 0 Å². The van der Waals surface area contributed by atoms with Crippen molar-refractivity contribution in [1.82, 2.24) is 5.16 Å². The van der Waals surface area contributed by atoms with Crippen LogP contribution >= 0.6 is 11.6 Å². The molecule has 1 aromatic heterocycles. The molecule has 0 radical (unpaired) electrons. The molecular weight excluding hydrogens is 397 g/mol. The molecule has 0 fully saturated rings. The summed E-state index contributed by atoms with van der Waals surface area (Å²) in [6, 6.07) is 28.3. The molecule has 0 N–H and O–H groups in total. The van der Waals surface area contributed by atoms with E-state index < -0.39 is 0 Å². The van der Waals surface area contributed by atoms with Crippen molar-refractivity contribution < 1.29 is 4.52 Å². The Labute approximate surface area is 157 Å². The van der Waals surface area contributed by atoms with Crippen molar-refractivity contribution in [1.29, 1.82) is 0 Å². The predicted octanol–water partition coefficient (Wildman–Crippen LogP) is 4.32. The van der Waals surface area contributed by atoms with Gasteiger partial charge < -0.3 is 0 Å². The van der Waals surface area contributed by atoms with Crippen molar-refractivity contribution in [2.45, 2.75) is 0 Å². The van der Waals surface area contributed by atoms with Gasteiger partial charge in [-0.15, -0.1) is 0 Å². The van der Waals surface area contributed by atoms with Gasteiger partial charge in [0.05, 0.1) is 0 Å². The van der Waals surface area contributed by atoms with Crippen molar-refractivity contribution in [2.75, 3.05) is 0 Å². The van der Waals surface area contributed by atoms with Crippen molar-refractivity contribution in [2.24, 2.45) is 0 Å². The van der Waals surface area contributed by atoms with Crippen LogP contribution in [0.2, 0.25) is 5.02 Å². The number of nitrogens with zero attached hydrogens (tertiary/aromatic N) is 1. The van der Waals surface area contributed by atoms with Gasteiger partial charge in [0.25, 0.3) is 0 Å². The standard InChI is InChI=1S/C21H14ClNOSe/c22-18-14-8-7-13-17(18)19-21(25-16-11-5-2-6-12-16)20(24-23-19)15-9-3-1-4-10-15/h1-14H. The van der Waals surface area contributed by atoms with E-state index in [2.05, 4.69) is 29.4 Å². The van der Waals surface area contributed by atoms with Gasteiger partial charge in [0.15, 0.2) is 0 Å². The molecule has 0 unspecified atom stereocenters. The molecule has 25 heavy (non-hydrogen) atoms. The second-order valence-electron chi connectivity index (χ2n) is 5.45. The number of rotatable bonds is 4. The molecule has 0 aliphatic heterocycles. The minimum absolute atomic E-state index is 0.0565. The number of benzene rings is 3. The molecule has 0 spiro atoms. The maximum absolute atomic E-state index is 6.41.